The van der Waals surface area contributed by atoms with Crippen LogP contribution in [0.4, 0.5) is 0 Å². The second-order valence-corrected chi connectivity index (χ2v) is 6.49. The van der Waals surface area contributed by atoms with E-state index in [0.29, 0.717) is 25.2 Å². The molecule has 0 aliphatic carbocycles. The van der Waals surface area contributed by atoms with Crippen LogP contribution < -0.4 is 10.9 Å². The second-order valence-electron chi connectivity index (χ2n) is 6.49. The number of rotatable bonds is 7. The smallest absolute Gasteiger partial charge is 0.253 e. The molecule has 5 nitrogen and oxygen atoms in total. The monoisotopic (exact) mass is 361 g/mol. The summed E-state index contributed by atoms with van der Waals surface area (Å²) in [5.41, 5.74) is 2.80. The lowest BCUT2D eigenvalue weighted by molar-refractivity contribution is -0.121. The lowest BCUT2D eigenvalue weighted by atomic mass is 9.88. The highest BCUT2D eigenvalue weighted by molar-refractivity contribution is 5.77. The minimum absolute atomic E-state index is 0.00355. The first-order valence-corrected chi connectivity index (χ1v) is 9.03. The summed E-state index contributed by atoms with van der Waals surface area (Å²) in [7, 11) is 0. The van der Waals surface area contributed by atoms with Gasteiger partial charge in [0.25, 0.3) is 5.56 Å². The molecule has 0 saturated heterocycles. The Balaban J connectivity index is 1.64. The van der Waals surface area contributed by atoms with Crippen LogP contribution in [0.25, 0.3) is 0 Å². The highest BCUT2D eigenvalue weighted by atomic mass is 16.1. The summed E-state index contributed by atoms with van der Waals surface area (Å²) in [6.07, 6.45) is 1.87. The Kier molecular flexibility index (Phi) is 6.15. The maximum Gasteiger partial charge on any atom is 0.253 e. The molecule has 0 fully saturated rings. The molecule has 3 aromatic rings. The standard InChI is InChI=1S/C22H23N3O2/c1-17-14-22(27)25(16-24-17)13-12-23-21(26)15-20(18-8-4-2-5-9-18)19-10-6-3-7-11-19/h2-11,14,16,20H,12-13,15H2,1H3,(H,23,26). The number of amides is 1. The van der Waals surface area contributed by atoms with Gasteiger partial charge in [0.05, 0.1) is 6.33 Å². The third kappa shape index (κ3) is 5.14. The summed E-state index contributed by atoms with van der Waals surface area (Å²) >= 11 is 0. The summed E-state index contributed by atoms with van der Waals surface area (Å²) in [6.45, 7) is 2.57. The highest BCUT2D eigenvalue weighted by Crippen LogP contribution is 2.27. The van der Waals surface area contributed by atoms with Gasteiger partial charge < -0.3 is 5.32 Å². The second kappa shape index (κ2) is 8.94. The number of benzene rings is 2. The molecule has 5 heteroatoms. The first-order valence-electron chi connectivity index (χ1n) is 9.03. The Hall–Kier alpha value is -3.21. The van der Waals surface area contributed by atoms with Crippen LogP contribution in [0.5, 0.6) is 0 Å². The van der Waals surface area contributed by atoms with Gasteiger partial charge in [0, 0.05) is 37.2 Å². The normalized spacial score (nSPS) is 10.7. The van der Waals surface area contributed by atoms with Crippen molar-refractivity contribution in [1.29, 1.82) is 0 Å². The molecule has 1 aromatic heterocycles. The van der Waals surface area contributed by atoms with E-state index in [2.05, 4.69) is 10.3 Å². The van der Waals surface area contributed by atoms with Crippen LogP contribution >= 0.6 is 0 Å². The first-order chi connectivity index (χ1) is 13.1. The van der Waals surface area contributed by atoms with Gasteiger partial charge in [-0.1, -0.05) is 60.7 Å². The fraction of sp³-hybridized carbons (Fsp3) is 0.227. The predicted molar refractivity (Wildman–Crippen MR) is 106 cm³/mol. The van der Waals surface area contributed by atoms with Crippen molar-refractivity contribution in [2.45, 2.75) is 25.8 Å². The molecule has 27 heavy (non-hydrogen) atoms. The quantitative estimate of drug-likeness (QED) is 0.704. The largest absolute Gasteiger partial charge is 0.354 e. The number of nitrogens with zero attached hydrogens (tertiary/aromatic N) is 2. The number of carbonyl (C=O) groups is 1. The van der Waals surface area contributed by atoms with Crippen molar-refractivity contribution in [3.63, 3.8) is 0 Å². The van der Waals surface area contributed by atoms with Gasteiger partial charge in [-0.3, -0.25) is 14.2 Å². The van der Waals surface area contributed by atoms with Gasteiger partial charge in [-0.05, 0) is 18.1 Å². The van der Waals surface area contributed by atoms with Crippen molar-refractivity contribution in [2.24, 2.45) is 0 Å². The molecular formula is C22H23N3O2. The van der Waals surface area contributed by atoms with Crippen molar-refractivity contribution >= 4 is 5.91 Å². The Morgan fingerprint density at radius 2 is 1.63 bits per heavy atom. The van der Waals surface area contributed by atoms with E-state index in [-0.39, 0.29) is 17.4 Å². The summed E-state index contributed by atoms with van der Waals surface area (Å²) in [6, 6.07) is 21.6. The Labute approximate surface area is 158 Å². The molecule has 0 atom stereocenters. The molecule has 2 aromatic carbocycles. The fourth-order valence-electron chi connectivity index (χ4n) is 3.06. The van der Waals surface area contributed by atoms with Gasteiger partial charge in [0.1, 0.15) is 0 Å². The van der Waals surface area contributed by atoms with E-state index in [1.807, 2.05) is 60.7 Å². The Morgan fingerprint density at radius 3 is 2.19 bits per heavy atom. The van der Waals surface area contributed by atoms with E-state index in [9.17, 15) is 9.59 Å². The summed E-state index contributed by atoms with van der Waals surface area (Å²) in [5, 5.41) is 2.92. The molecule has 0 bridgehead atoms. The Bertz CT molecular complexity index is 897. The molecule has 1 heterocycles. The number of aromatic nitrogens is 2. The van der Waals surface area contributed by atoms with Gasteiger partial charge in [-0.15, -0.1) is 0 Å². The predicted octanol–water partition coefficient (Wildman–Crippen LogP) is 2.89. The van der Waals surface area contributed by atoms with E-state index < -0.39 is 0 Å². The molecule has 0 radical (unpaired) electrons. The highest BCUT2D eigenvalue weighted by Gasteiger charge is 2.17. The number of nitrogens with one attached hydrogen (secondary N) is 1. The zero-order valence-electron chi connectivity index (χ0n) is 15.3. The molecule has 0 aliphatic rings. The molecule has 0 aliphatic heterocycles. The average molecular weight is 361 g/mol. The van der Waals surface area contributed by atoms with Crippen molar-refractivity contribution in [3.05, 3.63) is 100 Å². The van der Waals surface area contributed by atoms with Crippen LogP contribution in [-0.2, 0) is 11.3 Å². The van der Waals surface area contributed by atoms with Crippen molar-refractivity contribution < 1.29 is 4.79 Å². The van der Waals surface area contributed by atoms with Crippen LogP contribution in [-0.4, -0.2) is 22.0 Å². The summed E-state index contributed by atoms with van der Waals surface area (Å²) in [4.78, 5) is 28.5. The molecular weight excluding hydrogens is 338 g/mol. The first kappa shape index (κ1) is 18.6. The van der Waals surface area contributed by atoms with E-state index in [4.69, 9.17) is 0 Å². The minimum Gasteiger partial charge on any atom is -0.354 e. The molecule has 0 saturated carbocycles. The van der Waals surface area contributed by atoms with Crippen molar-refractivity contribution in [1.82, 2.24) is 14.9 Å². The maximum absolute atomic E-state index is 12.5. The molecule has 138 valence electrons. The average Bonchev–Trinajstić information content (AvgIpc) is 2.69. The van der Waals surface area contributed by atoms with E-state index in [1.165, 1.54) is 17.0 Å². The van der Waals surface area contributed by atoms with Crippen molar-refractivity contribution in [2.75, 3.05) is 6.54 Å². The van der Waals surface area contributed by atoms with E-state index in [0.717, 1.165) is 11.1 Å². The van der Waals surface area contributed by atoms with Crippen LogP contribution in [0.2, 0.25) is 0 Å². The molecule has 1 N–H and O–H groups in total. The third-order valence-electron chi connectivity index (χ3n) is 4.48. The number of aryl methyl sites for hydroxylation is 1. The summed E-state index contributed by atoms with van der Waals surface area (Å²) < 4.78 is 1.50. The fourth-order valence-corrected chi connectivity index (χ4v) is 3.06. The van der Waals surface area contributed by atoms with Crippen LogP contribution in [0.3, 0.4) is 0 Å². The molecule has 0 unspecified atom stereocenters. The van der Waals surface area contributed by atoms with Crippen LogP contribution in [0, 0.1) is 6.92 Å². The molecule has 3 rings (SSSR count). The SMILES string of the molecule is Cc1cc(=O)n(CCNC(=O)CC(c2ccccc2)c2ccccc2)cn1. The van der Waals surface area contributed by atoms with Gasteiger partial charge in [-0.25, -0.2) is 4.98 Å². The van der Waals surface area contributed by atoms with Crippen LogP contribution in [0.15, 0.2) is 77.9 Å². The zero-order chi connectivity index (χ0) is 19.1. The van der Waals surface area contributed by atoms with Gasteiger partial charge in [0.15, 0.2) is 0 Å². The molecule has 1 amide bonds. The minimum atomic E-state index is -0.108. The van der Waals surface area contributed by atoms with E-state index in [1.54, 1.807) is 6.92 Å². The van der Waals surface area contributed by atoms with Crippen molar-refractivity contribution in [3.8, 4) is 0 Å². The maximum atomic E-state index is 12.5. The lowest BCUT2D eigenvalue weighted by Gasteiger charge is -2.18. The third-order valence-corrected chi connectivity index (χ3v) is 4.48. The van der Waals surface area contributed by atoms with E-state index >= 15 is 0 Å². The Morgan fingerprint density at radius 1 is 1.04 bits per heavy atom. The van der Waals surface area contributed by atoms with Gasteiger partial charge >= 0.3 is 0 Å². The number of hydrogen-bond donors (Lipinski definition) is 1. The molecule has 0 spiro atoms. The van der Waals surface area contributed by atoms with Gasteiger partial charge in [0.2, 0.25) is 5.91 Å². The van der Waals surface area contributed by atoms with Gasteiger partial charge in [-0.2, -0.15) is 0 Å². The zero-order valence-corrected chi connectivity index (χ0v) is 15.3. The number of carbonyl (C=O) groups excluding carboxylic acids is 1. The summed E-state index contributed by atoms with van der Waals surface area (Å²) in [5.74, 6) is -0.0445. The number of hydrogen-bond acceptors (Lipinski definition) is 3. The topological polar surface area (TPSA) is 64.0 Å². The van der Waals surface area contributed by atoms with Crippen LogP contribution in [0.1, 0.15) is 29.2 Å². The lowest BCUT2D eigenvalue weighted by Crippen LogP contribution is -2.31.